The summed E-state index contributed by atoms with van der Waals surface area (Å²) in [6.45, 7) is -0.576. The summed E-state index contributed by atoms with van der Waals surface area (Å²) in [4.78, 5) is 49.0. The molecule has 17 heteroatoms. The van der Waals surface area contributed by atoms with Gasteiger partial charge in [-0.15, -0.1) is 0 Å². The van der Waals surface area contributed by atoms with Gasteiger partial charge in [-0.2, -0.15) is 34.8 Å². The summed E-state index contributed by atoms with van der Waals surface area (Å²) in [6, 6.07) is 7.76. The third-order valence-electron chi connectivity index (χ3n) is 5.07. The Morgan fingerprint density at radius 3 is 2.03 bits per heavy atom. The zero-order valence-corrected chi connectivity index (χ0v) is 19.4. The van der Waals surface area contributed by atoms with E-state index < -0.39 is 82.9 Å². The van der Waals surface area contributed by atoms with Crippen molar-refractivity contribution < 1.29 is 68.0 Å². The fraction of sp³-hybridized carbons (Fsp3) is 0.500. The minimum absolute atomic E-state index is 0.128. The molecule has 1 aromatic carbocycles. The number of benzene rings is 1. The molecule has 37 heavy (non-hydrogen) atoms. The van der Waals surface area contributed by atoms with Crippen molar-refractivity contribution in [1.82, 2.24) is 4.90 Å². The first-order chi connectivity index (χ1) is 16.9. The number of esters is 2. The maximum absolute atomic E-state index is 13.2. The Labute approximate surface area is 205 Å². The average Bonchev–Trinajstić information content (AvgIpc) is 3.14. The number of amides is 2. The largest absolute Gasteiger partial charge is 0.465 e. The van der Waals surface area contributed by atoms with Gasteiger partial charge in [0.25, 0.3) is 16.0 Å². The van der Waals surface area contributed by atoms with Crippen LogP contribution in [0.15, 0.2) is 30.3 Å². The van der Waals surface area contributed by atoms with E-state index in [1.54, 1.807) is 18.2 Å². The molecule has 0 spiro atoms. The molecule has 0 bridgehead atoms. The number of likely N-dealkylation sites (tertiary alicyclic amines) is 1. The predicted octanol–water partition coefficient (Wildman–Crippen LogP) is 2.29. The number of carbonyl (C=O) groups is 4. The second-order valence-electron chi connectivity index (χ2n) is 7.95. The maximum Gasteiger partial charge on any atom is 0.438 e. The zero-order chi connectivity index (χ0) is 28.2. The van der Waals surface area contributed by atoms with E-state index >= 15 is 0 Å². The van der Waals surface area contributed by atoms with Crippen LogP contribution in [0.1, 0.15) is 29.6 Å². The number of halogens is 6. The molecular formula is C20H19F6NO9S. The Morgan fingerprint density at radius 1 is 0.973 bits per heavy atom. The lowest BCUT2D eigenvalue weighted by molar-refractivity contribution is -0.361. The van der Waals surface area contributed by atoms with Gasteiger partial charge in [-0.1, -0.05) is 18.2 Å². The number of ether oxygens (including phenoxy) is 2. The number of rotatable bonds is 9. The number of imide groups is 1. The highest BCUT2D eigenvalue weighted by atomic mass is 32.2. The highest BCUT2D eigenvalue weighted by molar-refractivity contribution is 7.85. The Bertz CT molecular complexity index is 1120. The normalized spacial score (nSPS) is 17.0. The van der Waals surface area contributed by atoms with Gasteiger partial charge in [0, 0.05) is 24.4 Å². The molecule has 0 radical (unpaired) electrons. The number of carbonyl (C=O) groups excluding carboxylic acids is 4. The minimum Gasteiger partial charge on any atom is -0.465 e. The van der Waals surface area contributed by atoms with Gasteiger partial charge >= 0.3 is 29.9 Å². The van der Waals surface area contributed by atoms with Crippen LogP contribution in [-0.2, 0) is 34.0 Å². The Morgan fingerprint density at radius 2 is 1.51 bits per heavy atom. The SMILES string of the molecule is O=C(CCC(=O)OC(CS(=O)(=O)O)(C(F)(F)F)C(F)(F)F)OCC1CC(=O)N(C(=O)c2ccccc2)C1. The Kier molecular flexibility index (Phi) is 8.96. The smallest absolute Gasteiger partial charge is 0.438 e. The Balaban J connectivity index is 1.93. The summed E-state index contributed by atoms with van der Waals surface area (Å²) in [5, 5.41) is 0. The third kappa shape index (κ3) is 7.64. The minimum atomic E-state index is -6.49. The molecule has 1 aliphatic heterocycles. The van der Waals surface area contributed by atoms with Crippen molar-refractivity contribution in [3.05, 3.63) is 35.9 Å². The molecule has 206 valence electrons. The van der Waals surface area contributed by atoms with Crippen LogP contribution in [0.3, 0.4) is 0 Å². The van der Waals surface area contributed by atoms with Crippen LogP contribution in [0.5, 0.6) is 0 Å². The van der Waals surface area contributed by atoms with E-state index in [4.69, 9.17) is 9.29 Å². The van der Waals surface area contributed by atoms with Crippen molar-refractivity contribution in [1.29, 1.82) is 0 Å². The van der Waals surface area contributed by atoms with Crippen molar-refractivity contribution in [2.45, 2.75) is 37.2 Å². The van der Waals surface area contributed by atoms with Gasteiger partial charge in [-0.25, -0.2) is 0 Å². The van der Waals surface area contributed by atoms with E-state index in [2.05, 4.69) is 4.74 Å². The van der Waals surface area contributed by atoms with Crippen molar-refractivity contribution in [3.8, 4) is 0 Å². The summed E-state index contributed by atoms with van der Waals surface area (Å²) < 4.78 is 117. The predicted molar refractivity (Wildman–Crippen MR) is 108 cm³/mol. The standard InChI is InChI=1S/C20H19F6NO9S/c21-19(22,23)18(20(24,25)26,11-37(32,33)34)36-16(30)7-6-15(29)35-10-12-8-14(28)27(9-12)17(31)13-4-2-1-3-5-13/h1-5,12H,6-11H2,(H,32,33,34). The van der Waals surface area contributed by atoms with Crippen LogP contribution in [0, 0.1) is 5.92 Å². The number of hydrogen-bond acceptors (Lipinski definition) is 8. The van der Waals surface area contributed by atoms with Gasteiger partial charge < -0.3 is 9.47 Å². The van der Waals surface area contributed by atoms with Gasteiger partial charge in [-0.3, -0.25) is 28.6 Å². The van der Waals surface area contributed by atoms with Crippen LogP contribution < -0.4 is 0 Å². The van der Waals surface area contributed by atoms with Gasteiger partial charge in [0.2, 0.25) is 5.91 Å². The Hall–Kier alpha value is -3.21. The average molecular weight is 563 g/mol. The molecule has 2 amide bonds. The summed E-state index contributed by atoms with van der Waals surface area (Å²) in [7, 11) is -5.94. The van der Waals surface area contributed by atoms with Gasteiger partial charge in [0.1, 0.15) is 5.75 Å². The van der Waals surface area contributed by atoms with Crippen LogP contribution in [-0.4, -0.2) is 78.5 Å². The quantitative estimate of drug-likeness (QED) is 0.207. The molecule has 0 saturated carbocycles. The zero-order valence-electron chi connectivity index (χ0n) is 18.5. The van der Waals surface area contributed by atoms with Crippen molar-refractivity contribution in [3.63, 3.8) is 0 Å². The first-order valence-corrected chi connectivity index (χ1v) is 11.8. The molecule has 10 nitrogen and oxygen atoms in total. The number of nitrogens with zero attached hydrogens (tertiary/aromatic N) is 1. The first kappa shape index (κ1) is 30.0. The molecule has 1 N–H and O–H groups in total. The van der Waals surface area contributed by atoms with E-state index in [0.717, 1.165) is 4.90 Å². The van der Waals surface area contributed by atoms with E-state index in [-0.39, 0.29) is 18.5 Å². The van der Waals surface area contributed by atoms with E-state index in [0.29, 0.717) is 0 Å². The fourth-order valence-electron chi connectivity index (χ4n) is 3.28. The lowest BCUT2D eigenvalue weighted by Crippen LogP contribution is -2.63. The van der Waals surface area contributed by atoms with Gasteiger partial charge in [-0.05, 0) is 12.1 Å². The third-order valence-corrected chi connectivity index (χ3v) is 5.85. The molecule has 1 heterocycles. The van der Waals surface area contributed by atoms with E-state index in [1.807, 2.05) is 0 Å². The van der Waals surface area contributed by atoms with Crippen LogP contribution >= 0.6 is 0 Å². The van der Waals surface area contributed by atoms with Crippen LogP contribution in [0.2, 0.25) is 0 Å². The summed E-state index contributed by atoms with van der Waals surface area (Å²) in [6.07, 6.45) is -15.6. The van der Waals surface area contributed by atoms with E-state index in [9.17, 15) is 53.9 Å². The van der Waals surface area contributed by atoms with Gasteiger partial charge in [0.15, 0.2) is 0 Å². The fourth-order valence-corrected chi connectivity index (χ4v) is 4.18. The molecule has 0 aliphatic carbocycles. The second kappa shape index (κ2) is 11.0. The van der Waals surface area contributed by atoms with Crippen molar-refractivity contribution in [2.24, 2.45) is 5.92 Å². The lowest BCUT2D eigenvalue weighted by atomic mass is 10.1. The molecule has 1 fully saturated rings. The molecule has 1 aliphatic rings. The van der Waals surface area contributed by atoms with Crippen molar-refractivity contribution in [2.75, 3.05) is 18.9 Å². The van der Waals surface area contributed by atoms with Crippen LogP contribution in [0.25, 0.3) is 0 Å². The molecule has 1 atom stereocenters. The summed E-state index contributed by atoms with van der Waals surface area (Å²) in [5.74, 6) is -8.36. The molecule has 2 rings (SSSR count). The molecule has 1 saturated heterocycles. The van der Waals surface area contributed by atoms with Gasteiger partial charge in [0.05, 0.1) is 19.4 Å². The maximum atomic E-state index is 13.2. The summed E-state index contributed by atoms with van der Waals surface area (Å²) in [5.41, 5.74) is -5.34. The lowest BCUT2D eigenvalue weighted by Gasteiger charge is -2.35. The number of hydrogen-bond donors (Lipinski definition) is 1. The topological polar surface area (TPSA) is 144 Å². The molecule has 1 aromatic rings. The van der Waals surface area contributed by atoms with E-state index in [1.165, 1.54) is 12.1 Å². The number of alkyl halides is 6. The molecule has 1 unspecified atom stereocenters. The highest BCUT2D eigenvalue weighted by Gasteiger charge is 2.75. The monoisotopic (exact) mass is 563 g/mol. The summed E-state index contributed by atoms with van der Waals surface area (Å²) >= 11 is 0. The van der Waals surface area contributed by atoms with Crippen LogP contribution in [0.4, 0.5) is 26.3 Å². The molecular weight excluding hydrogens is 544 g/mol. The highest BCUT2D eigenvalue weighted by Crippen LogP contribution is 2.47. The first-order valence-electron chi connectivity index (χ1n) is 10.2. The second-order valence-corrected chi connectivity index (χ2v) is 9.40. The molecule has 0 aromatic heterocycles. The van der Waals surface area contributed by atoms with Crippen molar-refractivity contribution >= 4 is 33.9 Å².